The van der Waals surface area contributed by atoms with E-state index < -0.39 is 5.91 Å². The Balaban J connectivity index is 3.47. The molecule has 0 aliphatic carbocycles. The average Bonchev–Trinajstić information content (AvgIpc) is 1.88. The number of carbonyl (C=O) groups excluding carboxylic acids is 2. The lowest BCUT2D eigenvalue weighted by molar-refractivity contribution is -0.129. The van der Waals surface area contributed by atoms with Crippen LogP contribution in [0.1, 0.15) is 6.42 Å². The third kappa shape index (κ3) is 3.48. The maximum absolute atomic E-state index is 10.5. The molecule has 0 spiro atoms. The second kappa shape index (κ2) is 3.85. The zero-order valence-electron chi connectivity index (χ0n) is 6.02. The molecule has 5 heteroatoms. The fourth-order valence-electron chi connectivity index (χ4n) is 0.278. The van der Waals surface area contributed by atoms with Gasteiger partial charge in [0, 0.05) is 7.05 Å². The predicted molar refractivity (Wildman–Crippen MR) is 31.0 cm³/mol. The van der Waals surface area contributed by atoms with Crippen molar-refractivity contribution in [2.45, 2.75) is 6.42 Å². The fraction of sp³-hybridized carbons (Fsp3) is 0.500. The Morgan fingerprint density at radius 3 is 2.78 bits per heavy atom. The molecule has 9 heavy (non-hydrogen) atoms. The molecule has 0 fully saturated rings. The van der Waals surface area contributed by atoms with Crippen molar-refractivity contribution in [2.75, 3.05) is 7.05 Å². The Morgan fingerprint density at radius 2 is 2.33 bits per heavy atom. The van der Waals surface area contributed by atoms with Gasteiger partial charge in [0.2, 0.25) is 11.8 Å². The number of nitrogens with two attached hydrogens (primary N) is 1. The van der Waals surface area contributed by atoms with Crippen molar-refractivity contribution in [3.05, 3.63) is 0 Å². The minimum atomic E-state index is -0.533. The Bertz CT molecular complexity index is 138. The number of hydrogen-bond acceptors (Lipinski definition) is 3. The van der Waals surface area contributed by atoms with Gasteiger partial charge in [0.25, 0.3) is 0 Å². The smallest absolute Gasteiger partial charge is 0.243 e. The standard InChI is InChI=1S/C4H9N3O2/c1-6-3(8)2-4(9)7-5/h2,5H2,1H3,(H,6,8)(H,7,9)/i/hT. The zero-order valence-corrected chi connectivity index (χ0v) is 5.02. The van der Waals surface area contributed by atoms with Gasteiger partial charge in [-0.05, 0) is 0 Å². The molecule has 0 radical (unpaired) electrons. The first-order chi connectivity index (χ1) is 4.70. The summed E-state index contributed by atoms with van der Waals surface area (Å²) in [5.74, 6) is 0.753. The van der Waals surface area contributed by atoms with Gasteiger partial charge in [-0.3, -0.25) is 15.0 Å². The molecule has 52 valence electrons. The molecule has 0 heterocycles. The van der Waals surface area contributed by atoms with Gasteiger partial charge in [0.1, 0.15) is 7.83 Å². The van der Waals surface area contributed by atoms with Crippen LogP contribution in [-0.4, -0.2) is 18.9 Å². The fourth-order valence-corrected chi connectivity index (χ4v) is 0.278. The highest BCUT2D eigenvalue weighted by Crippen LogP contribution is 1.74. The minimum Gasteiger partial charge on any atom is -0.359 e. The molecule has 0 aromatic heterocycles. The van der Waals surface area contributed by atoms with E-state index in [1.165, 1.54) is 7.05 Å². The Kier molecular flexibility index (Phi) is 2.58. The first-order valence-electron chi connectivity index (χ1n) is 2.87. The first kappa shape index (κ1) is 6.03. The van der Waals surface area contributed by atoms with Gasteiger partial charge in [-0.25, -0.2) is 5.84 Å². The number of hydrazine groups is 1. The number of carbonyl (C=O) groups is 2. The summed E-state index contributed by atoms with van der Waals surface area (Å²) in [6.45, 7) is 0. The van der Waals surface area contributed by atoms with Crippen LogP contribution in [0.3, 0.4) is 0 Å². The van der Waals surface area contributed by atoms with Crippen LogP contribution in [0.5, 0.6) is 0 Å². The summed E-state index contributed by atoms with van der Waals surface area (Å²) in [6, 6.07) is 0. The first-order valence-corrected chi connectivity index (χ1v) is 2.37. The molecule has 0 aromatic carbocycles. The van der Waals surface area contributed by atoms with Crippen molar-refractivity contribution in [1.82, 2.24) is 10.7 Å². The highest BCUT2D eigenvalue weighted by atomic mass is 16.2. The number of amides is 2. The highest BCUT2D eigenvalue weighted by Gasteiger charge is 2.03. The second-order valence-corrected chi connectivity index (χ2v) is 1.40. The van der Waals surface area contributed by atoms with Gasteiger partial charge in [-0.2, -0.15) is 0 Å². The molecule has 0 saturated heterocycles. The third-order valence-corrected chi connectivity index (χ3v) is 0.739. The maximum Gasteiger partial charge on any atom is 0.243 e. The highest BCUT2D eigenvalue weighted by molar-refractivity contribution is 5.96. The molecule has 0 aromatic rings. The molecule has 0 saturated carbocycles. The Morgan fingerprint density at radius 1 is 1.67 bits per heavy atom. The molecular weight excluding hydrogens is 122 g/mol. The number of rotatable bonds is 3. The van der Waals surface area contributed by atoms with E-state index in [2.05, 4.69) is 5.32 Å². The van der Waals surface area contributed by atoms with E-state index in [0.717, 1.165) is 0 Å². The molecule has 0 aliphatic rings. The summed E-state index contributed by atoms with van der Waals surface area (Å²) in [6.07, 6.45) is -0.262. The van der Waals surface area contributed by atoms with Crippen molar-refractivity contribution < 1.29 is 11.0 Å². The molecule has 5 nitrogen and oxygen atoms in total. The Labute approximate surface area is 54.0 Å². The second-order valence-electron chi connectivity index (χ2n) is 1.40. The van der Waals surface area contributed by atoms with Crippen molar-refractivity contribution in [2.24, 2.45) is 5.84 Å². The van der Waals surface area contributed by atoms with Crippen molar-refractivity contribution in [1.29, 1.82) is 0 Å². The lowest BCUT2D eigenvalue weighted by Gasteiger charge is -1.95. The molecule has 0 unspecified atom stereocenters. The largest absolute Gasteiger partial charge is 0.359 e. The number of hydrogen-bond donors (Lipinski definition) is 3. The van der Waals surface area contributed by atoms with Crippen LogP contribution in [-0.2, 0) is 9.59 Å². The predicted octanol–water partition coefficient (Wildman–Crippen LogP) is -1.89. The van der Waals surface area contributed by atoms with Crippen molar-refractivity contribution >= 4 is 11.8 Å². The van der Waals surface area contributed by atoms with E-state index in [1.807, 2.05) is 5.43 Å². The third-order valence-electron chi connectivity index (χ3n) is 0.739. The molecule has 2 amide bonds. The monoisotopic (exact) mass is 133 g/mol. The molecule has 0 rings (SSSR count). The molecule has 0 bridgehead atoms. The van der Waals surface area contributed by atoms with Crippen molar-refractivity contribution in [3.63, 3.8) is 0 Å². The molecular formula is C4H9N3O2. The van der Waals surface area contributed by atoms with E-state index in [9.17, 15) is 9.59 Å². The Hall–Kier alpha value is -1.10. The van der Waals surface area contributed by atoms with Crippen LogP contribution in [0, 0.1) is 0 Å². The topological polar surface area (TPSA) is 84.2 Å². The van der Waals surface area contributed by atoms with Crippen LogP contribution in [0.15, 0.2) is 0 Å². The minimum absolute atomic E-state index is 0.262. The summed E-state index contributed by atoms with van der Waals surface area (Å²) in [4.78, 5) is 20.9. The summed E-state index contributed by atoms with van der Waals surface area (Å²) in [7, 11) is 1.43. The summed E-state index contributed by atoms with van der Waals surface area (Å²) < 4.78 is 6.32. The molecule has 0 aliphatic heterocycles. The van der Waals surface area contributed by atoms with E-state index in [0.29, 0.717) is 0 Å². The van der Waals surface area contributed by atoms with Gasteiger partial charge >= 0.3 is 0 Å². The van der Waals surface area contributed by atoms with Crippen LogP contribution in [0.4, 0.5) is 0 Å². The van der Waals surface area contributed by atoms with Crippen LogP contribution in [0.2, 0.25) is 1.41 Å². The average molecular weight is 133 g/mol. The van der Waals surface area contributed by atoms with Gasteiger partial charge < -0.3 is 5.32 Å². The summed E-state index contributed by atoms with van der Waals surface area (Å²) in [5, 5.41) is 2.27. The van der Waals surface area contributed by atoms with Crippen LogP contribution < -0.4 is 16.6 Å². The summed E-state index contributed by atoms with van der Waals surface area (Å²) in [5.41, 5.74) is 1.93. The molecule has 0 atom stereocenters. The number of nitrogens with one attached hydrogen (secondary N) is 2. The SMILES string of the molecule is [3H]NNC(=O)CC(=O)NC. The van der Waals surface area contributed by atoms with E-state index in [1.54, 1.807) is 5.84 Å². The van der Waals surface area contributed by atoms with E-state index in [4.69, 9.17) is 1.41 Å². The van der Waals surface area contributed by atoms with E-state index in [-0.39, 0.29) is 12.3 Å². The van der Waals surface area contributed by atoms with Crippen molar-refractivity contribution in [3.8, 4) is 0 Å². The quantitative estimate of drug-likeness (QED) is 0.182. The maximum atomic E-state index is 10.5. The van der Waals surface area contributed by atoms with E-state index >= 15 is 0 Å². The zero-order chi connectivity index (χ0) is 7.98. The van der Waals surface area contributed by atoms with Crippen LogP contribution >= 0.6 is 0 Å². The normalized spacial score (nSPS) is 9.67. The van der Waals surface area contributed by atoms with Gasteiger partial charge in [-0.1, -0.05) is 0 Å². The molecule has 4 N–H and O–H groups in total. The van der Waals surface area contributed by atoms with Gasteiger partial charge in [0.05, 0.1) is 0 Å². The van der Waals surface area contributed by atoms with Gasteiger partial charge in [0.15, 0.2) is 0 Å². The van der Waals surface area contributed by atoms with Gasteiger partial charge in [-0.15, -0.1) is 0 Å². The lowest BCUT2D eigenvalue weighted by atomic mass is 10.4. The van der Waals surface area contributed by atoms with Crippen LogP contribution in [0.25, 0.3) is 0 Å². The summed E-state index contributed by atoms with van der Waals surface area (Å²) >= 11 is 0. The lowest BCUT2D eigenvalue weighted by Crippen LogP contribution is -2.34.